The molecule has 0 aliphatic carbocycles. The largest absolute Gasteiger partial charge is 0.496 e. The Morgan fingerprint density at radius 1 is 1.14 bits per heavy atom. The van der Waals surface area contributed by atoms with E-state index in [0.717, 1.165) is 22.1 Å². The molecule has 1 heterocycles. The van der Waals surface area contributed by atoms with Gasteiger partial charge in [0.2, 0.25) is 0 Å². The Morgan fingerprint density at radius 3 is 2.45 bits per heavy atom. The number of benzene rings is 2. The molecule has 0 bridgehead atoms. The van der Waals surface area contributed by atoms with E-state index in [4.69, 9.17) is 9.15 Å². The van der Waals surface area contributed by atoms with Gasteiger partial charge in [-0.2, -0.15) is 0 Å². The van der Waals surface area contributed by atoms with Gasteiger partial charge in [0, 0.05) is 11.4 Å². The van der Waals surface area contributed by atoms with Crippen LogP contribution in [-0.4, -0.2) is 26.1 Å². The Morgan fingerprint density at radius 2 is 1.82 bits per heavy atom. The van der Waals surface area contributed by atoms with E-state index in [1.54, 1.807) is 13.2 Å². The SMILES string of the molecule is COc1cc([C@@H](C)N(C)C)cc2oc(=O)c3ccccc3c12. The average molecular weight is 297 g/mol. The number of hydrogen-bond acceptors (Lipinski definition) is 4. The molecule has 4 heteroatoms. The predicted octanol–water partition coefficient (Wildman–Crippen LogP) is 3.58. The molecule has 0 fully saturated rings. The van der Waals surface area contributed by atoms with Gasteiger partial charge in [-0.3, -0.25) is 0 Å². The number of methoxy groups -OCH3 is 1. The highest BCUT2D eigenvalue weighted by Crippen LogP contribution is 2.34. The van der Waals surface area contributed by atoms with Crippen molar-refractivity contribution in [1.29, 1.82) is 0 Å². The molecule has 0 radical (unpaired) electrons. The van der Waals surface area contributed by atoms with Crippen LogP contribution in [0.4, 0.5) is 0 Å². The molecule has 0 aliphatic rings. The summed E-state index contributed by atoms with van der Waals surface area (Å²) in [5.41, 5.74) is 1.29. The molecular formula is C18H19NO3. The molecule has 114 valence electrons. The zero-order chi connectivity index (χ0) is 15.9. The van der Waals surface area contributed by atoms with Crippen LogP contribution in [0.1, 0.15) is 18.5 Å². The molecule has 0 saturated carbocycles. The highest BCUT2D eigenvalue weighted by molar-refractivity contribution is 6.07. The molecule has 0 amide bonds. The van der Waals surface area contributed by atoms with Crippen LogP contribution in [0.3, 0.4) is 0 Å². The predicted molar refractivity (Wildman–Crippen MR) is 88.6 cm³/mol. The third-order valence-corrected chi connectivity index (χ3v) is 4.18. The molecule has 0 saturated heterocycles. The lowest BCUT2D eigenvalue weighted by molar-refractivity contribution is 0.320. The summed E-state index contributed by atoms with van der Waals surface area (Å²) in [5.74, 6) is 0.723. The molecule has 1 aromatic heterocycles. The van der Waals surface area contributed by atoms with Crippen molar-refractivity contribution in [3.63, 3.8) is 0 Å². The summed E-state index contributed by atoms with van der Waals surface area (Å²) in [6, 6.07) is 11.6. The van der Waals surface area contributed by atoms with Crippen LogP contribution < -0.4 is 10.4 Å². The number of hydrogen-bond donors (Lipinski definition) is 0. The first-order valence-electron chi connectivity index (χ1n) is 7.23. The van der Waals surface area contributed by atoms with Gasteiger partial charge in [-0.1, -0.05) is 18.2 Å². The van der Waals surface area contributed by atoms with Gasteiger partial charge >= 0.3 is 5.63 Å². The first kappa shape index (κ1) is 14.6. The van der Waals surface area contributed by atoms with Crippen LogP contribution in [0.2, 0.25) is 0 Å². The van der Waals surface area contributed by atoms with Crippen molar-refractivity contribution in [1.82, 2.24) is 4.90 Å². The number of ether oxygens (including phenoxy) is 1. The van der Waals surface area contributed by atoms with Crippen molar-refractivity contribution in [2.75, 3.05) is 21.2 Å². The van der Waals surface area contributed by atoms with Gasteiger partial charge in [-0.25, -0.2) is 4.79 Å². The fourth-order valence-corrected chi connectivity index (χ4v) is 2.69. The quantitative estimate of drug-likeness (QED) is 0.547. The molecule has 0 aliphatic heterocycles. The van der Waals surface area contributed by atoms with Crippen molar-refractivity contribution >= 4 is 21.7 Å². The average Bonchev–Trinajstić information content (AvgIpc) is 2.53. The maximum absolute atomic E-state index is 12.2. The summed E-state index contributed by atoms with van der Waals surface area (Å²) in [7, 11) is 5.66. The Bertz CT molecular complexity index is 896. The lowest BCUT2D eigenvalue weighted by Crippen LogP contribution is -2.16. The fourth-order valence-electron chi connectivity index (χ4n) is 2.69. The maximum atomic E-state index is 12.2. The third kappa shape index (κ3) is 2.25. The zero-order valence-corrected chi connectivity index (χ0v) is 13.2. The Kier molecular flexibility index (Phi) is 3.62. The van der Waals surface area contributed by atoms with Gasteiger partial charge in [0.05, 0.1) is 17.9 Å². The topological polar surface area (TPSA) is 42.7 Å². The standard InChI is InChI=1S/C18H19NO3/c1-11(19(2)3)12-9-15(21-4)17-13-7-5-6-8-14(13)18(20)22-16(17)10-12/h5-11H,1-4H3/t11-/m1/s1. The fraction of sp³-hybridized carbons (Fsp3) is 0.278. The highest BCUT2D eigenvalue weighted by atomic mass is 16.5. The maximum Gasteiger partial charge on any atom is 0.344 e. The monoisotopic (exact) mass is 297 g/mol. The molecule has 22 heavy (non-hydrogen) atoms. The summed E-state index contributed by atoms with van der Waals surface area (Å²) >= 11 is 0. The van der Waals surface area contributed by atoms with E-state index in [1.807, 2.05) is 44.4 Å². The zero-order valence-electron chi connectivity index (χ0n) is 13.2. The molecule has 0 unspecified atom stereocenters. The molecule has 1 atom stereocenters. The molecule has 0 N–H and O–H groups in total. The van der Waals surface area contributed by atoms with Crippen LogP contribution in [0.25, 0.3) is 21.7 Å². The molecule has 2 aromatic carbocycles. The highest BCUT2D eigenvalue weighted by Gasteiger charge is 2.16. The first-order valence-corrected chi connectivity index (χ1v) is 7.23. The summed E-state index contributed by atoms with van der Waals surface area (Å²) in [6.07, 6.45) is 0. The van der Waals surface area contributed by atoms with Crippen LogP contribution in [0.5, 0.6) is 5.75 Å². The van der Waals surface area contributed by atoms with E-state index < -0.39 is 0 Å². The van der Waals surface area contributed by atoms with Gasteiger partial charge in [0.25, 0.3) is 0 Å². The lowest BCUT2D eigenvalue weighted by Gasteiger charge is -2.21. The molecule has 3 aromatic rings. The third-order valence-electron chi connectivity index (χ3n) is 4.18. The molecule has 0 spiro atoms. The van der Waals surface area contributed by atoms with Gasteiger partial charge in [-0.15, -0.1) is 0 Å². The van der Waals surface area contributed by atoms with E-state index in [0.29, 0.717) is 11.0 Å². The van der Waals surface area contributed by atoms with E-state index in [9.17, 15) is 4.79 Å². The van der Waals surface area contributed by atoms with Gasteiger partial charge < -0.3 is 14.1 Å². The summed E-state index contributed by atoms with van der Waals surface area (Å²) in [4.78, 5) is 14.3. The minimum absolute atomic E-state index is 0.190. The minimum atomic E-state index is -0.320. The van der Waals surface area contributed by atoms with Crippen molar-refractivity contribution in [2.24, 2.45) is 0 Å². The van der Waals surface area contributed by atoms with Crippen molar-refractivity contribution < 1.29 is 9.15 Å². The van der Waals surface area contributed by atoms with Crippen LogP contribution in [-0.2, 0) is 0 Å². The molecule has 3 rings (SSSR count). The number of nitrogens with zero attached hydrogens (tertiary/aromatic N) is 1. The van der Waals surface area contributed by atoms with E-state index in [2.05, 4.69) is 11.8 Å². The van der Waals surface area contributed by atoms with Gasteiger partial charge in [0.1, 0.15) is 11.3 Å². The van der Waals surface area contributed by atoms with Crippen molar-refractivity contribution in [2.45, 2.75) is 13.0 Å². The van der Waals surface area contributed by atoms with Crippen molar-refractivity contribution in [3.8, 4) is 5.75 Å². The second-order valence-corrected chi connectivity index (χ2v) is 5.67. The second-order valence-electron chi connectivity index (χ2n) is 5.67. The van der Waals surface area contributed by atoms with E-state index in [1.165, 1.54) is 0 Å². The smallest absolute Gasteiger partial charge is 0.344 e. The van der Waals surface area contributed by atoms with Crippen LogP contribution >= 0.6 is 0 Å². The first-order chi connectivity index (χ1) is 10.5. The van der Waals surface area contributed by atoms with E-state index >= 15 is 0 Å². The van der Waals surface area contributed by atoms with E-state index in [-0.39, 0.29) is 11.7 Å². The molecule has 4 nitrogen and oxygen atoms in total. The van der Waals surface area contributed by atoms with Crippen molar-refractivity contribution in [3.05, 3.63) is 52.4 Å². The number of fused-ring (bicyclic) bond motifs is 3. The Balaban J connectivity index is 2.42. The Hall–Kier alpha value is -2.33. The lowest BCUT2D eigenvalue weighted by atomic mass is 10.0. The normalized spacial score (nSPS) is 13.0. The summed E-state index contributed by atoms with van der Waals surface area (Å²) in [5, 5.41) is 2.27. The Labute approximate surface area is 128 Å². The van der Waals surface area contributed by atoms with Gasteiger partial charge in [0.15, 0.2) is 0 Å². The summed E-state index contributed by atoms with van der Waals surface area (Å²) < 4.78 is 11.1. The van der Waals surface area contributed by atoms with Crippen LogP contribution in [0, 0.1) is 0 Å². The second kappa shape index (κ2) is 5.46. The number of rotatable bonds is 3. The van der Waals surface area contributed by atoms with Crippen LogP contribution in [0.15, 0.2) is 45.6 Å². The molecular weight excluding hydrogens is 278 g/mol. The minimum Gasteiger partial charge on any atom is -0.496 e. The summed E-state index contributed by atoms with van der Waals surface area (Å²) in [6.45, 7) is 2.10. The van der Waals surface area contributed by atoms with Gasteiger partial charge in [-0.05, 0) is 44.8 Å².